The van der Waals surface area contributed by atoms with Crippen molar-refractivity contribution in [3.63, 3.8) is 0 Å². The van der Waals surface area contributed by atoms with Crippen LogP contribution in [-0.4, -0.2) is 29.6 Å². The summed E-state index contributed by atoms with van der Waals surface area (Å²) in [6.45, 7) is 5.56. The molecule has 38 heavy (non-hydrogen) atoms. The molecule has 0 radical (unpaired) electrons. The molecule has 0 atom stereocenters. The number of rotatable bonds is 8. The predicted molar refractivity (Wildman–Crippen MR) is 141 cm³/mol. The molecule has 0 saturated heterocycles. The summed E-state index contributed by atoms with van der Waals surface area (Å²) in [4.78, 5) is 17.6. The zero-order valence-corrected chi connectivity index (χ0v) is 22.0. The number of benzene rings is 3. The number of hydrogen-bond donors (Lipinski definition) is 1. The molecule has 1 heterocycles. The number of halogens is 3. The summed E-state index contributed by atoms with van der Waals surface area (Å²) < 4.78 is 64.7. The van der Waals surface area contributed by atoms with Crippen LogP contribution >= 0.6 is 0 Å². The first-order valence-corrected chi connectivity index (χ1v) is 13.8. The normalized spacial score (nSPS) is 12.3. The monoisotopic (exact) mass is 543 g/mol. The summed E-state index contributed by atoms with van der Waals surface area (Å²) in [6.07, 6.45) is -3.95. The highest BCUT2D eigenvalue weighted by Crippen LogP contribution is 2.30. The standard InChI is InChI=1S/C28H28F3N3O3S/c1-4-38(36,37)23-12-7-20(8-13-23)16-27(35)32-22-11-14-24-25(17-22)34(18(2)3)26(33-24)15-19-5-9-21(10-6-19)28(29,30)31/h5-14,17-18H,4,15-16H2,1-3H3,(H,32,35). The van der Waals surface area contributed by atoms with E-state index in [1.165, 1.54) is 24.3 Å². The van der Waals surface area contributed by atoms with Crippen LogP contribution in [0, 0.1) is 0 Å². The molecule has 3 aromatic carbocycles. The van der Waals surface area contributed by atoms with Gasteiger partial charge in [-0.1, -0.05) is 31.2 Å². The number of fused-ring (bicyclic) bond motifs is 1. The minimum absolute atomic E-state index is 0.00826. The van der Waals surface area contributed by atoms with Crippen molar-refractivity contribution in [3.05, 3.63) is 89.2 Å². The highest BCUT2D eigenvalue weighted by Gasteiger charge is 2.30. The molecule has 0 spiro atoms. The number of carbonyl (C=O) groups is 1. The quantitative estimate of drug-likeness (QED) is 0.287. The number of carbonyl (C=O) groups excluding carboxylic acids is 1. The Hall–Kier alpha value is -3.66. The highest BCUT2D eigenvalue weighted by atomic mass is 32.2. The molecular weight excluding hydrogens is 515 g/mol. The van der Waals surface area contributed by atoms with Crippen LogP contribution < -0.4 is 5.32 Å². The van der Waals surface area contributed by atoms with Gasteiger partial charge in [-0.25, -0.2) is 13.4 Å². The molecule has 0 bridgehead atoms. The number of alkyl halides is 3. The molecule has 0 fully saturated rings. The maximum atomic E-state index is 12.9. The van der Waals surface area contributed by atoms with Crippen LogP contribution in [0.2, 0.25) is 0 Å². The predicted octanol–water partition coefficient (Wildman–Crippen LogP) is 6.20. The van der Waals surface area contributed by atoms with Crippen LogP contribution in [-0.2, 0) is 33.6 Å². The fraction of sp³-hybridized carbons (Fsp3) is 0.286. The molecule has 0 aliphatic rings. The molecular formula is C28H28F3N3O3S. The van der Waals surface area contributed by atoms with E-state index in [1.54, 1.807) is 31.2 Å². The second-order valence-electron chi connectivity index (χ2n) is 9.34. The molecule has 200 valence electrons. The molecule has 1 N–H and O–H groups in total. The largest absolute Gasteiger partial charge is 0.416 e. The fourth-order valence-corrected chi connectivity index (χ4v) is 5.17. The topological polar surface area (TPSA) is 81.1 Å². The number of aromatic nitrogens is 2. The molecule has 10 heteroatoms. The van der Waals surface area contributed by atoms with Gasteiger partial charge in [0.2, 0.25) is 5.91 Å². The summed E-state index contributed by atoms with van der Waals surface area (Å²) >= 11 is 0. The summed E-state index contributed by atoms with van der Waals surface area (Å²) in [5.74, 6) is 0.463. The lowest BCUT2D eigenvalue weighted by molar-refractivity contribution is -0.137. The first-order chi connectivity index (χ1) is 17.9. The van der Waals surface area contributed by atoms with Crippen molar-refractivity contribution < 1.29 is 26.4 Å². The number of hydrogen-bond acceptors (Lipinski definition) is 4. The molecule has 1 amide bonds. The highest BCUT2D eigenvalue weighted by molar-refractivity contribution is 7.91. The van der Waals surface area contributed by atoms with E-state index in [0.717, 1.165) is 17.6 Å². The summed E-state index contributed by atoms with van der Waals surface area (Å²) in [6, 6.07) is 16.7. The van der Waals surface area contributed by atoms with E-state index in [1.807, 2.05) is 24.5 Å². The Morgan fingerprint density at radius 2 is 1.61 bits per heavy atom. The Bertz CT molecular complexity index is 1560. The van der Waals surface area contributed by atoms with Gasteiger partial charge in [0.25, 0.3) is 0 Å². The second-order valence-corrected chi connectivity index (χ2v) is 11.6. The number of sulfone groups is 1. The summed E-state index contributed by atoms with van der Waals surface area (Å²) in [5, 5.41) is 2.88. The Morgan fingerprint density at radius 3 is 2.18 bits per heavy atom. The van der Waals surface area contributed by atoms with E-state index in [2.05, 4.69) is 5.32 Å². The molecule has 4 rings (SSSR count). The van der Waals surface area contributed by atoms with Gasteiger partial charge in [-0.15, -0.1) is 0 Å². The second kappa shape index (κ2) is 10.6. The lowest BCUT2D eigenvalue weighted by atomic mass is 10.1. The van der Waals surface area contributed by atoms with E-state index in [4.69, 9.17) is 4.98 Å². The van der Waals surface area contributed by atoms with Crippen LogP contribution in [0.4, 0.5) is 18.9 Å². The first-order valence-electron chi connectivity index (χ1n) is 12.2. The van der Waals surface area contributed by atoms with Crippen molar-refractivity contribution in [1.82, 2.24) is 9.55 Å². The fourth-order valence-electron chi connectivity index (χ4n) is 4.29. The van der Waals surface area contributed by atoms with E-state index in [9.17, 15) is 26.4 Å². The summed E-state index contributed by atoms with van der Waals surface area (Å²) in [7, 11) is -3.30. The van der Waals surface area contributed by atoms with E-state index < -0.39 is 21.6 Å². The van der Waals surface area contributed by atoms with E-state index in [0.29, 0.717) is 34.6 Å². The third-order valence-electron chi connectivity index (χ3n) is 6.23. The van der Waals surface area contributed by atoms with Crippen molar-refractivity contribution in [3.8, 4) is 0 Å². The Kier molecular flexibility index (Phi) is 7.64. The molecule has 4 aromatic rings. The van der Waals surface area contributed by atoms with E-state index >= 15 is 0 Å². The summed E-state index contributed by atoms with van der Waals surface area (Å²) in [5.41, 5.74) is 2.79. The zero-order chi connectivity index (χ0) is 27.7. The Balaban J connectivity index is 1.53. The molecule has 0 aliphatic carbocycles. The average Bonchev–Trinajstić information content (AvgIpc) is 3.21. The Morgan fingerprint density at radius 1 is 0.974 bits per heavy atom. The van der Waals surface area contributed by atoms with Crippen LogP contribution in [0.15, 0.2) is 71.6 Å². The number of amides is 1. The molecule has 0 unspecified atom stereocenters. The maximum absolute atomic E-state index is 12.9. The lowest BCUT2D eigenvalue weighted by Gasteiger charge is -2.14. The van der Waals surface area contributed by atoms with Crippen molar-refractivity contribution >= 4 is 32.5 Å². The van der Waals surface area contributed by atoms with Crippen molar-refractivity contribution in [2.24, 2.45) is 0 Å². The molecule has 1 aromatic heterocycles. The SMILES string of the molecule is CCS(=O)(=O)c1ccc(CC(=O)Nc2ccc3nc(Cc4ccc(C(F)(F)F)cc4)n(C(C)C)c3c2)cc1. The number of nitrogens with one attached hydrogen (secondary N) is 1. The zero-order valence-electron chi connectivity index (χ0n) is 21.2. The first kappa shape index (κ1) is 27.4. The smallest absolute Gasteiger partial charge is 0.326 e. The molecule has 0 aliphatic heterocycles. The third-order valence-corrected chi connectivity index (χ3v) is 7.98. The van der Waals surface area contributed by atoms with E-state index in [-0.39, 0.29) is 29.0 Å². The van der Waals surface area contributed by atoms with Gasteiger partial charge < -0.3 is 9.88 Å². The number of anilines is 1. The number of imidazole rings is 1. The average molecular weight is 544 g/mol. The van der Waals surface area contributed by atoms with Gasteiger partial charge in [-0.2, -0.15) is 13.2 Å². The van der Waals surface area contributed by atoms with Gasteiger partial charge in [-0.3, -0.25) is 4.79 Å². The maximum Gasteiger partial charge on any atom is 0.416 e. The Labute approximate surface area is 219 Å². The van der Waals surface area contributed by atoms with Gasteiger partial charge in [0, 0.05) is 18.2 Å². The van der Waals surface area contributed by atoms with Crippen LogP contribution in [0.3, 0.4) is 0 Å². The van der Waals surface area contributed by atoms with Gasteiger partial charge in [0.1, 0.15) is 5.82 Å². The minimum atomic E-state index is -4.39. The van der Waals surface area contributed by atoms with Crippen molar-refractivity contribution in [2.45, 2.75) is 50.7 Å². The third kappa shape index (κ3) is 6.07. The number of nitrogens with zero attached hydrogens (tertiary/aromatic N) is 2. The van der Waals surface area contributed by atoms with Crippen molar-refractivity contribution in [1.29, 1.82) is 0 Å². The van der Waals surface area contributed by atoms with Gasteiger partial charge in [0.15, 0.2) is 9.84 Å². The van der Waals surface area contributed by atoms with Crippen LogP contribution in [0.5, 0.6) is 0 Å². The van der Waals surface area contributed by atoms with Crippen molar-refractivity contribution in [2.75, 3.05) is 11.1 Å². The van der Waals surface area contributed by atoms with Crippen LogP contribution in [0.25, 0.3) is 11.0 Å². The van der Waals surface area contributed by atoms with Crippen LogP contribution in [0.1, 0.15) is 49.3 Å². The van der Waals surface area contributed by atoms with Gasteiger partial charge in [0.05, 0.1) is 33.7 Å². The lowest BCUT2D eigenvalue weighted by Crippen LogP contribution is -2.14. The van der Waals surface area contributed by atoms with Gasteiger partial charge in [-0.05, 0) is 67.4 Å². The molecule has 0 saturated carbocycles. The van der Waals surface area contributed by atoms with Gasteiger partial charge >= 0.3 is 6.18 Å². The molecule has 6 nitrogen and oxygen atoms in total. The minimum Gasteiger partial charge on any atom is -0.326 e.